The Balaban J connectivity index is 1.98. The van der Waals surface area contributed by atoms with Crippen molar-refractivity contribution in [3.8, 4) is 5.75 Å². The van der Waals surface area contributed by atoms with Crippen LogP contribution in [0.4, 0.5) is 5.69 Å². The smallest absolute Gasteiger partial charge is 0.305 e. The van der Waals surface area contributed by atoms with Crippen molar-refractivity contribution in [2.24, 2.45) is 0 Å². The quantitative estimate of drug-likeness (QED) is 0.700. The number of carboxylic acids is 1. The first-order valence-electron chi connectivity index (χ1n) is 8.39. The normalized spacial score (nSPS) is 13.0. The molecule has 0 unspecified atom stereocenters. The SMILES string of the molecule is CCN(CCC(=O)O)C(=O)CCC(=O)c1ccc2c(c1)N(C)C(=O)CO2. The van der Waals surface area contributed by atoms with Crippen molar-refractivity contribution in [3.05, 3.63) is 23.8 Å². The molecule has 0 saturated heterocycles. The van der Waals surface area contributed by atoms with Gasteiger partial charge in [0.1, 0.15) is 5.75 Å². The minimum atomic E-state index is -0.970. The number of likely N-dealkylation sites (N-methyl/N-ethyl adjacent to an activating group) is 1. The number of nitrogens with zero attached hydrogens (tertiary/aromatic N) is 2. The van der Waals surface area contributed by atoms with E-state index >= 15 is 0 Å². The lowest BCUT2D eigenvalue weighted by Gasteiger charge is -2.26. The topological polar surface area (TPSA) is 104 Å². The number of rotatable bonds is 8. The van der Waals surface area contributed by atoms with E-state index < -0.39 is 5.97 Å². The highest BCUT2D eigenvalue weighted by Gasteiger charge is 2.23. The van der Waals surface area contributed by atoms with Gasteiger partial charge in [-0.1, -0.05) is 0 Å². The summed E-state index contributed by atoms with van der Waals surface area (Å²) in [5.74, 6) is -1.11. The van der Waals surface area contributed by atoms with E-state index in [0.29, 0.717) is 23.5 Å². The maximum atomic E-state index is 12.4. The Kier molecular flexibility index (Phi) is 6.32. The maximum absolute atomic E-state index is 12.4. The van der Waals surface area contributed by atoms with E-state index in [-0.39, 0.29) is 50.0 Å². The van der Waals surface area contributed by atoms with Crippen molar-refractivity contribution in [2.75, 3.05) is 31.6 Å². The molecule has 1 aliphatic heterocycles. The van der Waals surface area contributed by atoms with Crippen LogP contribution in [0.2, 0.25) is 0 Å². The molecular weight excluding hydrogens is 340 g/mol. The lowest BCUT2D eigenvalue weighted by Crippen LogP contribution is -2.35. The van der Waals surface area contributed by atoms with Crippen LogP contribution in [0.15, 0.2) is 18.2 Å². The fourth-order valence-corrected chi connectivity index (χ4v) is 2.66. The molecule has 1 aromatic carbocycles. The number of ketones is 1. The first-order valence-corrected chi connectivity index (χ1v) is 8.39. The first kappa shape index (κ1) is 19.4. The van der Waals surface area contributed by atoms with E-state index in [4.69, 9.17) is 9.84 Å². The van der Waals surface area contributed by atoms with Gasteiger partial charge in [0.05, 0.1) is 12.1 Å². The molecule has 140 valence electrons. The third kappa shape index (κ3) is 4.59. The average molecular weight is 362 g/mol. The zero-order chi connectivity index (χ0) is 19.3. The molecule has 26 heavy (non-hydrogen) atoms. The van der Waals surface area contributed by atoms with Crippen LogP contribution < -0.4 is 9.64 Å². The van der Waals surface area contributed by atoms with Gasteiger partial charge in [0.15, 0.2) is 12.4 Å². The fourth-order valence-electron chi connectivity index (χ4n) is 2.66. The van der Waals surface area contributed by atoms with E-state index in [1.807, 2.05) is 0 Å². The van der Waals surface area contributed by atoms with E-state index in [2.05, 4.69) is 0 Å². The summed E-state index contributed by atoms with van der Waals surface area (Å²) in [6, 6.07) is 4.83. The number of ether oxygens (including phenoxy) is 1. The Morgan fingerprint density at radius 1 is 1.23 bits per heavy atom. The summed E-state index contributed by atoms with van der Waals surface area (Å²) in [5.41, 5.74) is 0.922. The van der Waals surface area contributed by atoms with Crippen LogP contribution in [0.3, 0.4) is 0 Å². The van der Waals surface area contributed by atoms with Crippen LogP contribution in [0, 0.1) is 0 Å². The summed E-state index contributed by atoms with van der Waals surface area (Å²) >= 11 is 0. The van der Waals surface area contributed by atoms with Crippen LogP contribution in [0.1, 0.15) is 36.5 Å². The highest BCUT2D eigenvalue weighted by Crippen LogP contribution is 2.32. The molecule has 0 aromatic heterocycles. The number of carbonyl (C=O) groups is 4. The number of fused-ring (bicyclic) bond motifs is 1. The first-order chi connectivity index (χ1) is 12.3. The van der Waals surface area contributed by atoms with Gasteiger partial charge in [-0.25, -0.2) is 0 Å². The average Bonchev–Trinajstić information content (AvgIpc) is 2.62. The van der Waals surface area contributed by atoms with Gasteiger partial charge >= 0.3 is 5.97 Å². The molecule has 0 atom stereocenters. The van der Waals surface area contributed by atoms with Gasteiger partial charge in [-0.15, -0.1) is 0 Å². The van der Waals surface area contributed by atoms with Crippen molar-refractivity contribution in [3.63, 3.8) is 0 Å². The molecule has 0 spiro atoms. The van der Waals surface area contributed by atoms with Crippen LogP contribution in [-0.4, -0.2) is 60.3 Å². The third-order valence-electron chi connectivity index (χ3n) is 4.26. The Labute approximate surface area is 151 Å². The summed E-state index contributed by atoms with van der Waals surface area (Å²) in [6.45, 7) is 2.25. The molecule has 0 saturated carbocycles. The highest BCUT2D eigenvalue weighted by atomic mass is 16.5. The second kappa shape index (κ2) is 8.46. The van der Waals surface area contributed by atoms with Crippen molar-refractivity contribution in [2.45, 2.75) is 26.2 Å². The zero-order valence-electron chi connectivity index (χ0n) is 14.9. The van der Waals surface area contributed by atoms with Crippen LogP contribution >= 0.6 is 0 Å². The molecule has 0 aliphatic carbocycles. The minimum Gasteiger partial charge on any atom is -0.482 e. The monoisotopic (exact) mass is 362 g/mol. The van der Waals surface area contributed by atoms with Gasteiger partial charge in [-0.05, 0) is 25.1 Å². The van der Waals surface area contributed by atoms with Crippen LogP contribution in [0.25, 0.3) is 0 Å². The molecule has 2 rings (SSSR count). The van der Waals surface area contributed by atoms with Gasteiger partial charge in [-0.3, -0.25) is 19.2 Å². The second-order valence-electron chi connectivity index (χ2n) is 5.96. The van der Waals surface area contributed by atoms with Crippen molar-refractivity contribution < 1.29 is 29.0 Å². The zero-order valence-corrected chi connectivity index (χ0v) is 14.9. The van der Waals surface area contributed by atoms with Gasteiger partial charge in [0.2, 0.25) is 5.91 Å². The molecule has 1 N–H and O–H groups in total. The number of carbonyl (C=O) groups excluding carboxylic acids is 3. The number of anilines is 1. The molecule has 0 radical (unpaired) electrons. The summed E-state index contributed by atoms with van der Waals surface area (Å²) in [7, 11) is 1.61. The molecule has 8 nitrogen and oxygen atoms in total. The Hall–Kier alpha value is -2.90. The van der Waals surface area contributed by atoms with E-state index in [1.165, 1.54) is 9.80 Å². The lowest BCUT2D eigenvalue weighted by atomic mass is 10.0. The molecule has 0 fully saturated rings. The van der Waals surface area contributed by atoms with Gasteiger partial charge in [0, 0.05) is 38.5 Å². The Morgan fingerprint density at radius 2 is 1.96 bits per heavy atom. The number of amides is 2. The number of aliphatic carboxylic acids is 1. The minimum absolute atomic E-state index is 0.00858. The fraction of sp³-hybridized carbons (Fsp3) is 0.444. The number of carboxylic acid groups (broad SMARTS) is 1. The third-order valence-corrected chi connectivity index (χ3v) is 4.26. The molecule has 1 aliphatic rings. The lowest BCUT2D eigenvalue weighted by molar-refractivity contribution is -0.138. The van der Waals surface area contributed by atoms with Gasteiger partial charge in [0.25, 0.3) is 5.91 Å². The van der Waals surface area contributed by atoms with Crippen molar-refractivity contribution in [1.82, 2.24) is 4.90 Å². The Morgan fingerprint density at radius 3 is 2.62 bits per heavy atom. The van der Waals surface area contributed by atoms with E-state index in [0.717, 1.165) is 0 Å². The second-order valence-corrected chi connectivity index (χ2v) is 5.96. The van der Waals surface area contributed by atoms with Gasteiger partial charge in [-0.2, -0.15) is 0 Å². The molecule has 0 bridgehead atoms. The molecule has 2 amide bonds. The number of benzene rings is 1. The standard InChI is InChI=1S/C18H22N2O6/c1-3-20(9-8-18(24)25)16(22)7-5-14(21)12-4-6-15-13(10-12)19(2)17(23)11-26-15/h4,6,10H,3,5,7-9,11H2,1-2H3,(H,24,25). The summed E-state index contributed by atoms with van der Waals surface area (Å²) < 4.78 is 5.32. The van der Waals surface area contributed by atoms with Crippen molar-refractivity contribution in [1.29, 1.82) is 0 Å². The van der Waals surface area contributed by atoms with E-state index in [9.17, 15) is 19.2 Å². The Bertz CT molecular complexity index is 730. The number of hydrogen-bond donors (Lipinski definition) is 1. The number of hydrogen-bond acceptors (Lipinski definition) is 5. The number of Topliss-reactive ketones (excluding diaryl/α,β-unsaturated/α-hetero) is 1. The maximum Gasteiger partial charge on any atom is 0.305 e. The van der Waals surface area contributed by atoms with Gasteiger partial charge < -0.3 is 19.6 Å². The van der Waals surface area contributed by atoms with Crippen LogP contribution in [-0.2, 0) is 14.4 Å². The predicted octanol–water partition coefficient (Wildman–Crippen LogP) is 1.33. The highest BCUT2D eigenvalue weighted by molar-refractivity contribution is 6.02. The molecule has 8 heteroatoms. The summed E-state index contributed by atoms with van der Waals surface area (Å²) in [4.78, 5) is 49.7. The largest absolute Gasteiger partial charge is 0.482 e. The molecule has 1 heterocycles. The van der Waals surface area contributed by atoms with E-state index in [1.54, 1.807) is 32.2 Å². The molecular formula is C18H22N2O6. The summed E-state index contributed by atoms with van der Waals surface area (Å²) in [5, 5.41) is 8.71. The molecule has 1 aromatic rings. The predicted molar refractivity (Wildman–Crippen MR) is 93.4 cm³/mol. The van der Waals surface area contributed by atoms with Crippen molar-refractivity contribution >= 4 is 29.3 Å². The van der Waals surface area contributed by atoms with Crippen LogP contribution in [0.5, 0.6) is 5.75 Å². The summed E-state index contributed by atoms with van der Waals surface area (Å²) in [6.07, 6.45) is -0.104.